The van der Waals surface area contributed by atoms with Gasteiger partial charge in [0.25, 0.3) is 0 Å². The van der Waals surface area contributed by atoms with Gasteiger partial charge in [-0.25, -0.2) is 4.79 Å². The summed E-state index contributed by atoms with van der Waals surface area (Å²) in [6.07, 6.45) is 4.25. The molecule has 21 heavy (non-hydrogen) atoms. The van der Waals surface area contributed by atoms with Gasteiger partial charge in [0.2, 0.25) is 5.91 Å². The molecule has 5 nitrogen and oxygen atoms in total. The molecule has 0 unspecified atom stereocenters. The highest BCUT2D eigenvalue weighted by Gasteiger charge is 2.24. The number of carboxylic acid groups (broad SMARTS) is 1. The summed E-state index contributed by atoms with van der Waals surface area (Å²) < 4.78 is 0. The number of aromatic carboxylic acids is 1. The number of carbonyl (C=O) groups is 2. The van der Waals surface area contributed by atoms with Crippen LogP contribution in [0.1, 0.15) is 35.2 Å². The lowest BCUT2D eigenvalue weighted by molar-refractivity contribution is -0.117. The van der Waals surface area contributed by atoms with Gasteiger partial charge in [0.15, 0.2) is 0 Å². The van der Waals surface area contributed by atoms with Gasteiger partial charge in [-0.05, 0) is 61.9 Å². The van der Waals surface area contributed by atoms with Crippen molar-refractivity contribution in [2.24, 2.45) is 5.92 Å². The third-order valence-corrected chi connectivity index (χ3v) is 4.15. The van der Waals surface area contributed by atoms with E-state index in [4.69, 9.17) is 5.11 Å². The molecule has 1 aromatic rings. The fourth-order valence-electron chi connectivity index (χ4n) is 2.79. The van der Waals surface area contributed by atoms with Gasteiger partial charge < -0.3 is 15.3 Å². The number of nitrogens with zero attached hydrogens (tertiary/aromatic N) is 1. The van der Waals surface area contributed by atoms with Crippen LogP contribution in [0.25, 0.3) is 0 Å². The van der Waals surface area contributed by atoms with E-state index in [0.29, 0.717) is 13.1 Å². The van der Waals surface area contributed by atoms with E-state index < -0.39 is 5.97 Å². The first-order chi connectivity index (χ1) is 10.1. The van der Waals surface area contributed by atoms with Crippen molar-refractivity contribution in [2.45, 2.75) is 25.7 Å². The van der Waals surface area contributed by atoms with Crippen LogP contribution in [0.4, 0.5) is 5.69 Å². The predicted molar refractivity (Wildman–Crippen MR) is 79.7 cm³/mol. The summed E-state index contributed by atoms with van der Waals surface area (Å²) >= 11 is 0. The fourth-order valence-corrected chi connectivity index (χ4v) is 2.79. The number of carbonyl (C=O) groups excluding carboxylic acids is 1. The zero-order valence-electron chi connectivity index (χ0n) is 12.0. The molecular weight excluding hydrogens is 268 g/mol. The fraction of sp³-hybridized carbons (Fsp3) is 0.500. The molecular formula is C16H20N2O3. The van der Waals surface area contributed by atoms with Gasteiger partial charge in [-0.3, -0.25) is 4.79 Å². The van der Waals surface area contributed by atoms with Crippen LogP contribution in [0, 0.1) is 5.92 Å². The summed E-state index contributed by atoms with van der Waals surface area (Å²) in [7, 11) is 0. The first kappa shape index (κ1) is 14.1. The summed E-state index contributed by atoms with van der Waals surface area (Å²) in [4.78, 5) is 25.1. The van der Waals surface area contributed by atoms with E-state index in [0.717, 1.165) is 36.6 Å². The molecule has 1 aliphatic heterocycles. The highest BCUT2D eigenvalue weighted by atomic mass is 16.4. The maximum atomic E-state index is 12.3. The standard InChI is InChI=1S/C16H20N2O3/c19-15(10-17-9-11-3-4-11)18-7-1-2-12-8-13(16(20)21)5-6-14(12)18/h5-6,8,11,17H,1-4,7,9-10H2,(H,20,21). The van der Waals surface area contributed by atoms with Gasteiger partial charge in [-0.15, -0.1) is 0 Å². The second kappa shape index (κ2) is 5.85. The van der Waals surface area contributed by atoms with Crippen LogP contribution < -0.4 is 10.2 Å². The molecule has 3 rings (SSSR count). The van der Waals surface area contributed by atoms with E-state index in [-0.39, 0.29) is 11.5 Å². The molecule has 0 atom stereocenters. The Morgan fingerprint density at radius 1 is 1.33 bits per heavy atom. The maximum absolute atomic E-state index is 12.3. The summed E-state index contributed by atoms with van der Waals surface area (Å²) in [5, 5.41) is 12.3. The Morgan fingerprint density at radius 2 is 2.14 bits per heavy atom. The van der Waals surface area contributed by atoms with Crippen molar-refractivity contribution >= 4 is 17.6 Å². The van der Waals surface area contributed by atoms with Crippen LogP contribution >= 0.6 is 0 Å². The van der Waals surface area contributed by atoms with Gasteiger partial charge >= 0.3 is 5.97 Å². The van der Waals surface area contributed by atoms with E-state index in [9.17, 15) is 9.59 Å². The molecule has 5 heteroatoms. The van der Waals surface area contributed by atoms with E-state index in [1.165, 1.54) is 12.8 Å². The Labute approximate surface area is 123 Å². The lowest BCUT2D eigenvalue weighted by Crippen LogP contribution is -2.41. The Hall–Kier alpha value is -1.88. The number of carboxylic acids is 1. The molecule has 0 radical (unpaired) electrons. The smallest absolute Gasteiger partial charge is 0.335 e. The van der Waals surface area contributed by atoms with E-state index >= 15 is 0 Å². The van der Waals surface area contributed by atoms with Crippen molar-refractivity contribution in [2.75, 3.05) is 24.5 Å². The second-order valence-electron chi connectivity index (χ2n) is 5.87. The molecule has 1 amide bonds. The third kappa shape index (κ3) is 3.24. The number of aryl methyl sites for hydroxylation is 1. The normalized spacial score (nSPS) is 17.4. The monoisotopic (exact) mass is 288 g/mol. The molecule has 1 saturated carbocycles. The van der Waals surface area contributed by atoms with Crippen LogP contribution in [-0.2, 0) is 11.2 Å². The lowest BCUT2D eigenvalue weighted by atomic mass is 9.99. The van der Waals surface area contributed by atoms with Gasteiger partial charge in [0, 0.05) is 12.2 Å². The maximum Gasteiger partial charge on any atom is 0.335 e. The Bertz CT molecular complexity index is 567. The Morgan fingerprint density at radius 3 is 2.86 bits per heavy atom. The molecule has 1 fully saturated rings. The molecule has 112 valence electrons. The minimum atomic E-state index is -0.924. The molecule has 2 aliphatic rings. The Kier molecular flexibility index (Phi) is 3.92. The number of benzene rings is 1. The summed E-state index contributed by atoms with van der Waals surface area (Å²) in [5.41, 5.74) is 2.11. The quantitative estimate of drug-likeness (QED) is 0.864. The molecule has 1 aromatic carbocycles. The molecule has 0 aromatic heterocycles. The lowest BCUT2D eigenvalue weighted by Gasteiger charge is -2.30. The number of hydrogen-bond acceptors (Lipinski definition) is 3. The number of nitrogens with one attached hydrogen (secondary N) is 1. The van der Waals surface area contributed by atoms with E-state index in [2.05, 4.69) is 5.32 Å². The first-order valence-corrected chi connectivity index (χ1v) is 7.52. The number of fused-ring (bicyclic) bond motifs is 1. The van der Waals surface area contributed by atoms with Gasteiger partial charge in [0.1, 0.15) is 0 Å². The Balaban J connectivity index is 1.69. The number of amides is 1. The molecule has 1 heterocycles. The van der Waals surface area contributed by atoms with Crippen molar-refractivity contribution in [3.05, 3.63) is 29.3 Å². The highest BCUT2D eigenvalue weighted by molar-refractivity contribution is 5.97. The molecule has 0 spiro atoms. The minimum absolute atomic E-state index is 0.0691. The predicted octanol–water partition coefficient (Wildman–Crippen LogP) is 1.66. The SMILES string of the molecule is O=C(O)c1ccc2c(c1)CCCN2C(=O)CNCC1CC1. The first-order valence-electron chi connectivity index (χ1n) is 7.52. The highest BCUT2D eigenvalue weighted by Crippen LogP contribution is 2.29. The minimum Gasteiger partial charge on any atom is -0.478 e. The molecule has 0 saturated heterocycles. The van der Waals surface area contributed by atoms with Crippen molar-refractivity contribution in [3.8, 4) is 0 Å². The van der Waals surface area contributed by atoms with Crippen molar-refractivity contribution in [1.82, 2.24) is 5.32 Å². The van der Waals surface area contributed by atoms with Gasteiger partial charge in [-0.2, -0.15) is 0 Å². The van der Waals surface area contributed by atoms with Crippen LogP contribution in [0.3, 0.4) is 0 Å². The zero-order chi connectivity index (χ0) is 14.8. The van der Waals surface area contributed by atoms with E-state index in [1.54, 1.807) is 23.1 Å². The van der Waals surface area contributed by atoms with Crippen LogP contribution in [0.5, 0.6) is 0 Å². The van der Waals surface area contributed by atoms with Crippen molar-refractivity contribution in [3.63, 3.8) is 0 Å². The average molecular weight is 288 g/mol. The van der Waals surface area contributed by atoms with Crippen LogP contribution in [-0.4, -0.2) is 36.6 Å². The molecule has 0 bridgehead atoms. The van der Waals surface area contributed by atoms with Gasteiger partial charge in [0.05, 0.1) is 12.1 Å². The average Bonchev–Trinajstić information content (AvgIpc) is 3.30. The largest absolute Gasteiger partial charge is 0.478 e. The van der Waals surface area contributed by atoms with Crippen LogP contribution in [0.15, 0.2) is 18.2 Å². The number of anilines is 1. The molecule has 2 N–H and O–H groups in total. The van der Waals surface area contributed by atoms with E-state index in [1.807, 2.05) is 0 Å². The third-order valence-electron chi connectivity index (χ3n) is 4.15. The van der Waals surface area contributed by atoms with Crippen molar-refractivity contribution < 1.29 is 14.7 Å². The zero-order valence-corrected chi connectivity index (χ0v) is 12.0. The number of hydrogen-bond donors (Lipinski definition) is 2. The van der Waals surface area contributed by atoms with Gasteiger partial charge in [-0.1, -0.05) is 0 Å². The topological polar surface area (TPSA) is 69.6 Å². The summed E-state index contributed by atoms with van der Waals surface area (Å²) in [6.45, 7) is 1.99. The summed E-state index contributed by atoms with van der Waals surface area (Å²) in [6, 6.07) is 5.02. The second-order valence-corrected chi connectivity index (χ2v) is 5.87. The van der Waals surface area contributed by atoms with Crippen LogP contribution in [0.2, 0.25) is 0 Å². The number of rotatable bonds is 5. The van der Waals surface area contributed by atoms with Crippen molar-refractivity contribution in [1.29, 1.82) is 0 Å². The molecule has 1 aliphatic carbocycles. The summed E-state index contributed by atoms with van der Waals surface area (Å²) in [5.74, 6) is -0.100.